The van der Waals surface area contributed by atoms with E-state index in [1.807, 2.05) is 37.9 Å². The second-order valence-electron chi connectivity index (χ2n) is 5.12. The van der Waals surface area contributed by atoms with Crippen molar-refractivity contribution in [1.82, 2.24) is 4.31 Å². The number of nitrogens with two attached hydrogens (primary N) is 1. The minimum absolute atomic E-state index is 0.648. The summed E-state index contributed by atoms with van der Waals surface area (Å²) in [6.07, 6.45) is 2.40. The number of benzene rings is 1. The molecule has 0 atom stereocenters. The predicted octanol–water partition coefficient (Wildman–Crippen LogP) is 5.45. The van der Waals surface area contributed by atoms with Crippen LogP contribution < -0.4 is 5.73 Å². The van der Waals surface area contributed by atoms with Crippen LogP contribution in [-0.4, -0.2) is 16.9 Å². The van der Waals surface area contributed by atoms with Gasteiger partial charge >= 0.3 is 0 Å². The molecule has 20 heavy (non-hydrogen) atoms. The molecule has 1 aromatic rings. The summed E-state index contributed by atoms with van der Waals surface area (Å²) in [6.45, 7) is 14.2. The van der Waals surface area contributed by atoms with Crippen LogP contribution in [-0.2, 0) is 0 Å². The van der Waals surface area contributed by atoms with Crippen molar-refractivity contribution in [2.45, 2.75) is 65.3 Å². The van der Waals surface area contributed by atoms with Gasteiger partial charge in [-0.3, -0.25) is 0 Å². The summed E-state index contributed by atoms with van der Waals surface area (Å²) in [4.78, 5) is 1.27. The Morgan fingerprint density at radius 1 is 1.05 bits per heavy atom. The molecule has 0 radical (unpaired) electrons. The zero-order valence-electron chi connectivity index (χ0n) is 14.0. The summed E-state index contributed by atoms with van der Waals surface area (Å²) in [5.74, 6) is 0.687. The van der Waals surface area contributed by atoms with E-state index < -0.39 is 0 Å². The first kappa shape index (κ1) is 19.3. The van der Waals surface area contributed by atoms with Crippen LogP contribution in [0.3, 0.4) is 0 Å². The Labute approximate surface area is 130 Å². The summed E-state index contributed by atoms with van der Waals surface area (Å²) in [5, 5.41) is 0. The average molecular weight is 297 g/mol. The standard InChI is InChI=1S/C15H26N2S.C2H6/c1-5-14(6-2)17(11-12(3)4)18-15-9-7-13(16)8-10-15;1-2/h7-10,12,14H,5-6,11,16H2,1-4H3;1-2H3. The van der Waals surface area contributed by atoms with Gasteiger partial charge in [-0.1, -0.05) is 41.5 Å². The minimum atomic E-state index is 0.648. The maximum atomic E-state index is 5.73. The molecule has 0 aliphatic rings. The zero-order valence-corrected chi connectivity index (χ0v) is 14.8. The van der Waals surface area contributed by atoms with Crippen molar-refractivity contribution < 1.29 is 0 Å². The van der Waals surface area contributed by atoms with Crippen LogP contribution in [0.25, 0.3) is 0 Å². The Balaban J connectivity index is 0.00000172. The highest BCUT2D eigenvalue weighted by atomic mass is 32.2. The topological polar surface area (TPSA) is 29.3 Å². The van der Waals surface area contributed by atoms with Gasteiger partial charge in [0.25, 0.3) is 0 Å². The van der Waals surface area contributed by atoms with Crippen LogP contribution in [0.5, 0.6) is 0 Å². The van der Waals surface area contributed by atoms with E-state index in [9.17, 15) is 0 Å². The molecule has 2 nitrogen and oxygen atoms in total. The first-order valence-corrected chi connectivity index (χ1v) is 8.64. The Bertz CT molecular complexity index is 331. The van der Waals surface area contributed by atoms with Crippen molar-refractivity contribution in [3.8, 4) is 0 Å². The second-order valence-corrected chi connectivity index (χ2v) is 6.25. The molecule has 3 heteroatoms. The van der Waals surface area contributed by atoms with E-state index >= 15 is 0 Å². The van der Waals surface area contributed by atoms with E-state index in [0.717, 1.165) is 12.2 Å². The first-order chi connectivity index (χ1) is 9.56. The lowest BCUT2D eigenvalue weighted by Gasteiger charge is -2.30. The molecular formula is C17H32N2S. The average Bonchev–Trinajstić information content (AvgIpc) is 2.44. The van der Waals surface area contributed by atoms with Gasteiger partial charge in [-0.15, -0.1) is 0 Å². The Hall–Kier alpha value is -0.670. The van der Waals surface area contributed by atoms with Gasteiger partial charge in [0.05, 0.1) is 0 Å². The third-order valence-corrected chi connectivity index (χ3v) is 4.16. The first-order valence-electron chi connectivity index (χ1n) is 7.86. The highest BCUT2D eigenvalue weighted by molar-refractivity contribution is 7.97. The fraction of sp³-hybridized carbons (Fsp3) is 0.647. The van der Waals surface area contributed by atoms with Crippen molar-refractivity contribution in [3.63, 3.8) is 0 Å². The molecular weight excluding hydrogens is 264 g/mol. The highest BCUT2D eigenvalue weighted by Crippen LogP contribution is 2.28. The molecule has 0 aliphatic carbocycles. The fourth-order valence-corrected chi connectivity index (χ4v) is 3.33. The van der Waals surface area contributed by atoms with Gasteiger partial charge < -0.3 is 5.73 Å². The quantitative estimate of drug-likeness (QED) is 0.536. The van der Waals surface area contributed by atoms with Crippen molar-refractivity contribution >= 4 is 17.6 Å². The monoisotopic (exact) mass is 296 g/mol. The lowest BCUT2D eigenvalue weighted by molar-refractivity contribution is 0.302. The Kier molecular flexibility index (Phi) is 10.7. The molecule has 0 aliphatic heterocycles. The van der Waals surface area contributed by atoms with Crippen molar-refractivity contribution in [1.29, 1.82) is 0 Å². The number of nitrogen functional groups attached to an aromatic ring is 1. The van der Waals surface area contributed by atoms with E-state index in [4.69, 9.17) is 5.73 Å². The van der Waals surface area contributed by atoms with Gasteiger partial charge in [0.2, 0.25) is 0 Å². The van der Waals surface area contributed by atoms with Crippen LogP contribution in [0.2, 0.25) is 0 Å². The largest absolute Gasteiger partial charge is 0.399 e. The molecule has 0 saturated carbocycles. The SMILES string of the molecule is CC.CCC(CC)N(CC(C)C)Sc1ccc(N)cc1. The normalized spacial score (nSPS) is 10.8. The van der Waals surface area contributed by atoms with Gasteiger partial charge in [0.1, 0.15) is 0 Å². The van der Waals surface area contributed by atoms with Crippen molar-refractivity contribution in [2.24, 2.45) is 5.92 Å². The molecule has 0 fully saturated rings. The predicted molar refractivity (Wildman–Crippen MR) is 94.0 cm³/mol. The fourth-order valence-electron chi connectivity index (χ4n) is 1.98. The lowest BCUT2D eigenvalue weighted by atomic mass is 10.1. The lowest BCUT2D eigenvalue weighted by Crippen LogP contribution is -2.31. The minimum Gasteiger partial charge on any atom is -0.399 e. The van der Waals surface area contributed by atoms with E-state index in [-0.39, 0.29) is 0 Å². The van der Waals surface area contributed by atoms with Crippen LogP contribution in [0.4, 0.5) is 5.69 Å². The number of hydrogen-bond acceptors (Lipinski definition) is 3. The van der Waals surface area contributed by atoms with E-state index in [0.29, 0.717) is 12.0 Å². The molecule has 2 N–H and O–H groups in total. The maximum absolute atomic E-state index is 5.73. The van der Waals surface area contributed by atoms with Gasteiger partial charge in [-0.2, -0.15) is 0 Å². The van der Waals surface area contributed by atoms with E-state index in [1.54, 1.807) is 0 Å². The number of nitrogens with zero attached hydrogens (tertiary/aromatic N) is 1. The van der Waals surface area contributed by atoms with Crippen molar-refractivity contribution in [2.75, 3.05) is 12.3 Å². The molecule has 0 bridgehead atoms. The Morgan fingerprint density at radius 3 is 1.95 bits per heavy atom. The number of hydrogen-bond donors (Lipinski definition) is 1. The van der Waals surface area contributed by atoms with Crippen LogP contribution >= 0.6 is 11.9 Å². The third kappa shape index (κ3) is 7.20. The molecule has 0 heterocycles. The molecule has 1 aromatic carbocycles. The van der Waals surface area contributed by atoms with Crippen LogP contribution in [0.1, 0.15) is 54.4 Å². The molecule has 0 unspecified atom stereocenters. The van der Waals surface area contributed by atoms with E-state index in [1.165, 1.54) is 17.7 Å². The number of anilines is 1. The molecule has 0 saturated heterocycles. The summed E-state index contributed by atoms with van der Waals surface area (Å²) in [6, 6.07) is 8.81. The smallest absolute Gasteiger partial charge is 0.0314 e. The summed E-state index contributed by atoms with van der Waals surface area (Å²) >= 11 is 1.86. The van der Waals surface area contributed by atoms with Crippen LogP contribution in [0, 0.1) is 5.92 Å². The molecule has 0 aromatic heterocycles. The third-order valence-electron chi connectivity index (χ3n) is 3.00. The summed E-state index contributed by atoms with van der Waals surface area (Å²) in [7, 11) is 0. The zero-order chi connectivity index (χ0) is 15.5. The molecule has 1 rings (SSSR count). The van der Waals surface area contributed by atoms with Gasteiger partial charge in [0.15, 0.2) is 0 Å². The summed E-state index contributed by atoms with van der Waals surface area (Å²) < 4.78 is 2.52. The van der Waals surface area contributed by atoms with Gasteiger partial charge in [-0.25, -0.2) is 4.31 Å². The second kappa shape index (κ2) is 11.0. The maximum Gasteiger partial charge on any atom is 0.0314 e. The number of rotatable bonds is 7. The van der Waals surface area contributed by atoms with Gasteiger partial charge in [-0.05, 0) is 55.0 Å². The molecule has 0 spiro atoms. The molecule has 116 valence electrons. The highest BCUT2D eigenvalue weighted by Gasteiger charge is 2.17. The van der Waals surface area contributed by atoms with Crippen molar-refractivity contribution in [3.05, 3.63) is 24.3 Å². The van der Waals surface area contributed by atoms with Gasteiger partial charge in [0, 0.05) is 23.2 Å². The molecule has 0 amide bonds. The Morgan fingerprint density at radius 2 is 1.55 bits per heavy atom. The van der Waals surface area contributed by atoms with Crippen LogP contribution in [0.15, 0.2) is 29.2 Å². The van der Waals surface area contributed by atoms with E-state index in [2.05, 4.69) is 44.1 Å². The summed E-state index contributed by atoms with van der Waals surface area (Å²) in [5.41, 5.74) is 6.56.